The molecule has 2 rings (SSSR count). The van der Waals surface area contributed by atoms with Crippen molar-refractivity contribution in [3.8, 4) is 0 Å². The number of hydrogen-bond donors (Lipinski definition) is 1. The van der Waals surface area contributed by atoms with Gasteiger partial charge in [0, 0.05) is 17.9 Å². The van der Waals surface area contributed by atoms with Crippen LogP contribution in [0.25, 0.3) is 0 Å². The summed E-state index contributed by atoms with van der Waals surface area (Å²) in [6.45, 7) is 6.56. The topological polar surface area (TPSA) is 58.6 Å². The molecule has 2 aromatic carbocycles. The van der Waals surface area contributed by atoms with Gasteiger partial charge in [-0.3, -0.25) is 4.90 Å². The Hall–Kier alpha value is -2.82. The van der Waals surface area contributed by atoms with Crippen molar-refractivity contribution in [2.24, 2.45) is 0 Å². The van der Waals surface area contributed by atoms with Crippen LogP contribution < -0.4 is 10.2 Å². The zero-order valence-corrected chi connectivity index (χ0v) is 14.2. The first kappa shape index (κ1) is 17.5. The molecule has 0 atom stereocenters. The number of urea groups is 1. The van der Waals surface area contributed by atoms with E-state index in [4.69, 9.17) is 4.74 Å². The van der Waals surface area contributed by atoms with Crippen LogP contribution in [0.4, 0.5) is 16.2 Å². The molecule has 1 N–H and O–H groups in total. The Labute approximate surface area is 142 Å². The maximum Gasteiger partial charge on any atom is 0.338 e. The molecule has 2 aromatic rings. The molecule has 0 bridgehead atoms. The third-order valence-electron chi connectivity index (χ3n) is 3.52. The first-order valence-corrected chi connectivity index (χ1v) is 7.97. The third-order valence-corrected chi connectivity index (χ3v) is 3.52. The van der Waals surface area contributed by atoms with E-state index in [2.05, 4.69) is 5.32 Å². The number of nitrogens with one attached hydrogen (secondary N) is 1. The van der Waals surface area contributed by atoms with Gasteiger partial charge in [-0.25, -0.2) is 9.59 Å². The van der Waals surface area contributed by atoms with E-state index >= 15 is 0 Å². The standard InChI is InChI=1S/C19H22N2O3/c1-4-21(17-8-6-7-14(3)13-17)19(23)20-16-11-9-15(10-12-16)18(22)24-5-2/h6-13H,4-5H2,1-3H3,(H,20,23). The molecule has 0 aliphatic heterocycles. The lowest BCUT2D eigenvalue weighted by atomic mass is 10.2. The second-order valence-electron chi connectivity index (χ2n) is 5.31. The normalized spacial score (nSPS) is 10.1. The number of aryl methyl sites for hydroxylation is 1. The van der Waals surface area contributed by atoms with Gasteiger partial charge in [-0.15, -0.1) is 0 Å². The van der Waals surface area contributed by atoms with E-state index in [1.165, 1.54) is 0 Å². The lowest BCUT2D eigenvalue weighted by Crippen LogP contribution is -2.34. The highest BCUT2D eigenvalue weighted by atomic mass is 16.5. The fraction of sp³-hybridized carbons (Fsp3) is 0.263. The number of amides is 2. The van der Waals surface area contributed by atoms with Gasteiger partial charge in [0.25, 0.3) is 0 Å². The third kappa shape index (κ3) is 4.35. The average molecular weight is 326 g/mol. The molecule has 0 aliphatic rings. The van der Waals surface area contributed by atoms with Crippen molar-refractivity contribution < 1.29 is 14.3 Å². The van der Waals surface area contributed by atoms with Crippen molar-refractivity contribution in [3.05, 3.63) is 59.7 Å². The van der Waals surface area contributed by atoms with Crippen LogP contribution in [0, 0.1) is 6.92 Å². The Kier molecular flexibility index (Phi) is 5.95. The summed E-state index contributed by atoms with van der Waals surface area (Å²) in [7, 11) is 0. The Bertz CT molecular complexity index is 711. The lowest BCUT2D eigenvalue weighted by molar-refractivity contribution is 0.0526. The molecule has 0 saturated heterocycles. The quantitative estimate of drug-likeness (QED) is 0.837. The summed E-state index contributed by atoms with van der Waals surface area (Å²) in [5, 5.41) is 2.84. The summed E-state index contributed by atoms with van der Waals surface area (Å²) in [6, 6.07) is 14.2. The molecule has 5 nitrogen and oxygen atoms in total. The Balaban J connectivity index is 2.09. The zero-order valence-electron chi connectivity index (χ0n) is 14.2. The minimum Gasteiger partial charge on any atom is -0.462 e. The molecule has 0 saturated carbocycles. The van der Waals surface area contributed by atoms with E-state index in [0.29, 0.717) is 24.4 Å². The van der Waals surface area contributed by atoms with E-state index in [9.17, 15) is 9.59 Å². The minimum absolute atomic E-state index is 0.216. The van der Waals surface area contributed by atoms with E-state index in [1.54, 1.807) is 36.1 Å². The number of carbonyl (C=O) groups is 2. The second kappa shape index (κ2) is 8.15. The maximum atomic E-state index is 12.5. The van der Waals surface area contributed by atoms with Crippen molar-refractivity contribution in [2.75, 3.05) is 23.4 Å². The molecule has 0 aliphatic carbocycles. The highest BCUT2D eigenvalue weighted by Crippen LogP contribution is 2.18. The summed E-state index contributed by atoms with van der Waals surface area (Å²) < 4.78 is 4.94. The van der Waals surface area contributed by atoms with Crippen molar-refractivity contribution in [1.82, 2.24) is 0 Å². The van der Waals surface area contributed by atoms with Gasteiger partial charge in [-0.1, -0.05) is 12.1 Å². The predicted octanol–water partition coefficient (Wildman–Crippen LogP) is 4.23. The number of benzene rings is 2. The van der Waals surface area contributed by atoms with Crippen LogP contribution in [0.5, 0.6) is 0 Å². The molecule has 0 radical (unpaired) electrons. The van der Waals surface area contributed by atoms with Crippen LogP contribution in [0.15, 0.2) is 48.5 Å². The van der Waals surface area contributed by atoms with Gasteiger partial charge in [0.15, 0.2) is 0 Å². The molecule has 0 heterocycles. The fourth-order valence-electron chi connectivity index (χ4n) is 2.33. The maximum absolute atomic E-state index is 12.5. The Morgan fingerprint density at radius 3 is 2.38 bits per heavy atom. The zero-order chi connectivity index (χ0) is 17.5. The van der Waals surface area contributed by atoms with E-state index in [0.717, 1.165) is 11.3 Å². The molecule has 2 amide bonds. The second-order valence-corrected chi connectivity index (χ2v) is 5.31. The Morgan fingerprint density at radius 2 is 1.79 bits per heavy atom. The number of anilines is 2. The smallest absolute Gasteiger partial charge is 0.338 e. The molecule has 24 heavy (non-hydrogen) atoms. The SMILES string of the molecule is CCOC(=O)c1ccc(NC(=O)N(CC)c2cccc(C)c2)cc1. The van der Waals surface area contributed by atoms with Gasteiger partial charge >= 0.3 is 12.0 Å². The first-order valence-electron chi connectivity index (χ1n) is 7.97. The van der Waals surface area contributed by atoms with Crippen molar-refractivity contribution in [2.45, 2.75) is 20.8 Å². The lowest BCUT2D eigenvalue weighted by Gasteiger charge is -2.22. The fourth-order valence-corrected chi connectivity index (χ4v) is 2.33. The summed E-state index contributed by atoms with van der Waals surface area (Å²) >= 11 is 0. The van der Waals surface area contributed by atoms with E-state index in [1.807, 2.05) is 38.1 Å². The molecule has 126 valence electrons. The molecule has 0 unspecified atom stereocenters. The molecule has 5 heteroatoms. The number of nitrogens with zero attached hydrogens (tertiary/aromatic N) is 1. The number of rotatable bonds is 5. The van der Waals surface area contributed by atoms with E-state index in [-0.39, 0.29) is 12.0 Å². The minimum atomic E-state index is -0.370. The summed E-state index contributed by atoms with van der Waals surface area (Å²) in [6.07, 6.45) is 0. The number of esters is 1. The molecular weight excluding hydrogens is 304 g/mol. The highest BCUT2D eigenvalue weighted by molar-refractivity contribution is 6.02. The molecule has 0 spiro atoms. The monoisotopic (exact) mass is 326 g/mol. The first-order chi connectivity index (χ1) is 11.5. The average Bonchev–Trinajstić information content (AvgIpc) is 2.56. The number of carbonyl (C=O) groups excluding carboxylic acids is 2. The summed E-state index contributed by atoms with van der Waals surface area (Å²) in [4.78, 5) is 25.8. The number of ether oxygens (including phenoxy) is 1. The van der Waals surface area contributed by atoms with Crippen LogP contribution in [0.1, 0.15) is 29.8 Å². The van der Waals surface area contributed by atoms with Gasteiger partial charge in [0.2, 0.25) is 0 Å². The van der Waals surface area contributed by atoms with Crippen molar-refractivity contribution in [1.29, 1.82) is 0 Å². The van der Waals surface area contributed by atoms with E-state index < -0.39 is 0 Å². The largest absolute Gasteiger partial charge is 0.462 e. The van der Waals surface area contributed by atoms with Crippen LogP contribution in [-0.4, -0.2) is 25.2 Å². The van der Waals surface area contributed by atoms with Crippen LogP contribution in [0.2, 0.25) is 0 Å². The Morgan fingerprint density at radius 1 is 1.08 bits per heavy atom. The van der Waals surface area contributed by atoms with Crippen molar-refractivity contribution in [3.63, 3.8) is 0 Å². The number of hydrogen-bond acceptors (Lipinski definition) is 3. The summed E-state index contributed by atoms with van der Waals surface area (Å²) in [5.41, 5.74) is 3.02. The highest BCUT2D eigenvalue weighted by Gasteiger charge is 2.14. The molecular formula is C19H22N2O3. The van der Waals surface area contributed by atoms with Gasteiger partial charge < -0.3 is 10.1 Å². The van der Waals surface area contributed by atoms with Gasteiger partial charge in [-0.05, 0) is 62.7 Å². The van der Waals surface area contributed by atoms with Crippen molar-refractivity contribution >= 4 is 23.4 Å². The van der Waals surface area contributed by atoms with Crippen LogP contribution in [-0.2, 0) is 4.74 Å². The molecule has 0 fully saturated rings. The van der Waals surface area contributed by atoms with Crippen LogP contribution >= 0.6 is 0 Å². The van der Waals surface area contributed by atoms with Crippen LogP contribution in [0.3, 0.4) is 0 Å². The van der Waals surface area contributed by atoms with Gasteiger partial charge in [-0.2, -0.15) is 0 Å². The predicted molar refractivity (Wildman–Crippen MR) is 95.6 cm³/mol. The summed E-state index contributed by atoms with van der Waals surface area (Å²) in [5.74, 6) is -0.370. The molecule has 0 aromatic heterocycles. The van der Waals surface area contributed by atoms with Gasteiger partial charge in [0.05, 0.1) is 12.2 Å². The van der Waals surface area contributed by atoms with Gasteiger partial charge in [0.1, 0.15) is 0 Å².